The van der Waals surface area contributed by atoms with Crippen molar-refractivity contribution >= 4 is 11.3 Å². The van der Waals surface area contributed by atoms with Gasteiger partial charge in [0.05, 0.1) is 11.7 Å². The number of aryl methyl sites for hydroxylation is 2. The highest BCUT2D eigenvalue weighted by Gasteiger charge is 2.34. The third kappa shape index (κ3) is 2.58. The van der Waals surface area contributed by atoms with Crippen molar-refractivity contribution in [1.82, 2.24) is 10.3 Å². The highest BCUT2D eigenvalue weighted by molar-refractivity contribution is 7.11. The number of thiazole rings is 1. The van der Waals surface area contributed by atoms with Crippen LogP contribution in [0.15, 0.2) is 0 Å². The van der Waals surface area contributed by atoms with Crippen LogP contribution in [0.2, 0.25) is 0 Å². The summed E-state index contributed by atoms with van der Waals surface area (Å²) in [5, 5.41) is 4.94. The zero-order valence-corrected chi connectivity index (χ0v) is 10.8. The SMILES string of the molecule is Cc1nc(C(NC(C)C)C2CC2)sc1C. The highest BCUT2D eigenvalue weighted by Crippen LogP contribution is 2.42. The van der Waals surface area contributed by atoms with Gasteiger partial charge in [-0.05, 0) is 32.6 Å². The summed E-state index contributed by atoms with van der Waals surface area (Å²) in [4.78, 5) is 6.04. The van der Waals surface area contributed by atoms with Gasteiger partial charge in [-0.15, -0.1) is 11.3 Å². The Bertz CT molecular complexity index is 320. The Morgan fingerprint density at radius 2 is 2.00 bits per heavy atom. The minimum atomic E-state index is 0.502. The summed E-state index contributed by atoms with van der Waals surface area (Å²) >= 11 is 1.86. The van der Waals surface area contributed by atoms with Gasteiger partial charge < -0.3 is 5.32 Å². The topological polar surface area (TPSA) is 24.9 Å². The molecule has 0 aromatic carbocycles. The average molecular weight is 224 g/mol. The highest BCUT2D eigenvalue weighted by atomic mass is 32.1. The zero-order valence-electron chi connectivity index (χ0n) is 10.0. The van der Waals surface area contributed by atoms with E-state index in [-0.39, 0.29) is 0 Å². The number of aromatic nitrogens is 1. The van der Waals surface area contributed by atoms with Crippen LogP contribution in [0.25, 0.3) is 0 Å². The Kier molecular flexibility index (Phi) is 3.12. The van der Waals surface area contributed by atoms with Crippen LogP contribution in [-0.2, 0) is 0 Å². The molecule has 1 aliphatic carbocycles. The van der Waals surface area contributed by atoms with Gasteiger partial charge >= 0.3 is 0 Å². The zero-order chi connectivity index (χ0) is 11.0. The van der Waals surface area contributed by atoms with Gasteiger partial charge in [-0.25, -0.2) is 4.98 Å². The predicted molar refractivity (Wildman–Crippen MR) is 65.3 cm³/mol. The van der Waals surface area contributed by atoms with E-state index < -0.39 is 0 Å². The molecule has 1 heterocycles. The molecule has 0 aliphatic heterocycles. The first-order valence-electron chi connectivity index (χ1n) is 5.78. The van der Waals surface area contributed by atoms with Crippen molar-refractivity contribution < 1.29 is 0 Å². The summed E-state index contributed by atoms with van der Waals surface area (Å²) in [6.45, 7) is 8.69. The van der Waals surface area contributed by atoms with Gasteiger partial charge in [-0.3, -0.25) is 0 Å². The normalized spacial score (nSPS) is 18.5. The van der Waals surface area contributed by atoms with Crippen LogP contribution in [0.3, 0.4) is 0 Å². The fourth-order valence-electron chi connectivity index (χ4n) is 1.83. The van der Waals surface area contributed by atoms with E-state index in [0.29, 0.717) is 12.1 Å². The van der Waals surface area contributed by atoms with Crippen molar-refractivity contribution in [1.29, 1.82) is 0 Å². The molecule has 1 fully saturated rings. The summed E-state index contributed by atoms with van der Waals surface area (Å²) in [6, 6.07) is 1.04. The predicted octanol–water partition coefficient (Wildman–Crippen LogP) is 3.21. The van der Waals surface area contributed by atoms with Crippen LogP contribution in [0.5, 0.6) is 0 Å². The van der Waals surface area contributed by atoms with Crippen molar-refractivity contribution in [2.45, 2.75) is 52.6 Å². The van der Waals surface area contributed by atoms with E-state index in [4.69, 9.17) is 0 Å². The molecule has 0 saturated heterocycles. The molecule has 15 heavy (non-hydrogen) atoms. The Balaban J connectivity index is 2.16. The fourth-order valence-corrected chi connectivity index (χ4v) is 2.91. The summed E-state index contributed by atoms with van der Waals surface area (Å²) in [6.07, 6.45) is 2.73. The molecule has 1 aliphatic rings. The van der Waals surface area contributed by atoms with Gasteiger partial charge in [-0.1, -0.05) is 13.8 Å². The lowest BCUT2D eigenvalue weighted by Gasteiger charge is -2.18. The summed E-state index contributed by atoms with van der Waals surface area (Å²) in [7, 11) is 0. The maximum absolute atomic E-state index is 4.68. The van der Waals surface area contributed by atoms with E-state index in [1.165, 1.54) is 28.4 Å². The molecule has 1 unspecified atom stereocenters. The summed E-state index contributed by atoms with van der Waals surface area (Å²) < 4.78 is 0. The molecule has 0 bridgehead atoms. The van der Waals surface area contributed by atoms with Gasteiger partial charge in [0, 0.05) is 10.9 Å². The van der Waals surface area contributed by atoms with Crippen molar-refractivity contribution in [3.63, 3.8) is 0 Å². The van der Waals surface area contributed by atoms with Gasteiger partial charge in [0.1, 0.15) is 5.01 Å². The molecule has 1 aromatic heterocycles. The minimum absolute atomic E-state index is 0.502. The monoisotopic (exact) mass is 224 g/mol. The molecule has 0 amide bonds. The van der Waals surface area contributed by atoms with Crippen LogP contribution in [-0.4, -0.2) is 11.0 Å². The number of hydrogen-bond acceptors (Lipinski definition) is 3. The van der Waals surface area contributed by atoms with Crippen LogP contribution in [0, 0.1) is 19.8 Å². The van der Waals surface area contributed by atoms with E-state index in [2.05, 4.69) is 38.0 Å². The molecule has 1 aromatic rings. The molecular weight excluding hydrogens is 204 g/mol. The Morgan fingerprint density at radius 3 is 2.40 bits per heavy atom. The number of hydrogen-bond donors (Lipinski definition) is 1. The third-order valence-corrected chi connectivity index (χ3v) is 4.07. The molecule has 84 valence electrons. The Hall–Kier alpha value is -0.410. The maximum Gasteiger partial charge on any atom is 0.110 e. The van der Waals surface area contributed by atoms with Gasteiger partial charge in [0.2, 0.25) is 0 Å². The summed E-state index contributed by atoms with van der Waals surface area (Å²) in [5.74, 6) is 0.831. The molecule has 2 nitrogen and oxygen atoms in total. The first-order valence-corrected chi connectivity index (χ1v) is 6.59. The molecular formula is C12H20N2S. The minimum Gasteiger partial charge on any atom is -0.305 e. The molecule has 2 rings (SSSR count). The average Bonchev–Trinajstić information content (AvgIpc) is 2.91. The number of rotatable bonds is 4. The fraction of sp³-hybridized carbons (Fsp3) is 0.750. The summed E-state index contributed by atoms with van der Waals surface area (Å²) in [5.41, 5.74) is 1.20. The largest absolute Gasteiger partial charge is 0.305 e. The van der Waals surface area contributed by atoms with Crippen molar-refractivity contribution in [3.8, 4) is 0 Å². The van der Waals surface area contributed by atoms with Crippen LogP contribution in [0.4, 0.5) is 0 Å². The van der Waals surface area contributed by atoms with E-state index in [1.54, 1.807) is 0 Å². The quantitative estimate of drug-likeness (QED) is 0.849. The van der Waals surface area contributed by atoms with Crippen LogP contribution in [0.1, 0.15) is 48.3 Å². The van der Waals surface area contributed by atoms with Gasteiger partial charge in [0.25, 0.3) is 0 Å². The van der Waals surface area contributed by atoms with Crippen molar-refractivity contribution in [3.05, 3.63) is 15.6 Å². The number of nitrogens with one attached hydrogen (secondary N) is 1. The van der Waals surface area contributed by atoms with E-state index >= 15 is 0 Å². The lowest BCUT2D eigenvalue weighted by atomic mass is 10.1. The van der Waals surface area contributed by atoms with Crippen LogP contribution >= 0.6 is 11.3 Å². The second-order valence-corrected chi connectivity index (χ2v) is 6.06. The molecule has 1 saturated carbocycles. The van der Waals surface area contributed by atoms with E-state index in [0.717, 1.165) is 5.92 Å². The first-order chi connectivity index (χ1) is 7.08. The smallest absolute Gasteiger partial charge is 0.110 e. The Morgan fingerprint density at radius 1 is 1.33 bits per heavy atom. The van der Waals surface area contributed by atoms with E-state index in [1.807, 2.05) is 11.3 Å². The van der Waals surface area contributed by atoms with Crippen molar-refractivity contribution in [2.75, 3.05) is 0 Å². The first kappa shape index (κ1) is 11.1. The molecule has 0 spiro atoms. The standard InChI is InChI=1S/C12H20N2S/c1-7(2)13-11(10-5-6-10)12-14-8(3)9(4)15-12/h7,10-11,13H,5-6H2,1-4H3. The second-order valence-electron chi connectivity index (χ2n) is 4.83. The van der Waals surface area contributed by atoms with Gasteiger partial charge in [-0.2, -0.15) is 0 Å². The van der Waals surface area contributed by atoms with Gasteiger partial charge in [0.15, 0.2) is 0 Å². The third-order valence-electron chi connectivity index (χ3n) is 2.92. The molecule has 0 radical (unpaired) electrons. The van der Waals surface area contributed by atoms with Crippen molar-refractivity contribution in [2.24, 2.45) is 5.92 Å². The van der Waals surface area contributed by atoms with Crippen LogP contribution < -0.4 is 5.32 Å². The maximum atomic E-state index is 4.68. The molecule has 1 N–H and O–H groups in total. The Labute approximate surface area is 96.1 Å². The molecule has 3 heteroatoms. The second kappa shape index (κ2) is 4.22. The lowest BCUT2D eigenvalue weighted by Crippen LogP contribution is -2.29. The van der Waals surface area contributed by atoms with E-state index in [9.17, 15) is 0 Å². The molecule has 1 atom stereocenters. The lowest BCUT2D eigenvalue weighted by molar-refractivity contribution is 0.434. The number of nitrogens with zero attached hydrogens (tertiary/aromatic N) is 1.